The predicted octanol–water partition coefficient (Wildman–Crippen LogP) is 2.13. The zero-order valence-corrected chi connectivity index (χ0v) is 10.5. The Bertz CT molecular complexity index is 318. The highest BCUT2D eigenvalue weighted by Gasteiger charge is 2.01. The molecule has 0 spiro atoms. The molecule has 0 heterocycles. The van der Waals surface area contributed by atoms with Crippen LogP contribution in [0, 0.1) is 0 Å². The molecule has 4 heteroatoms. The van der Waals surface area contributed by atoms with Crippen LogP contribution < -0.4 is 10.1 Å². The minimum atomic E-state index is 0.648. The number of nitrogens with one attached hydrogen (secondary N) is 1. The van der Waals surface area contributed by atoms with Gasteiger partial charge in [0.05, 0.1) is 25.3 Å². The van der Waals surface area contributed by atoms with E-state index >= 15 is 0 Å². The highest BCUT2D eigenvalue weighted by molar-refractivity contribution is 6.32. The SMILES string of the molecule is CNCCOCCc1ccc(OC)c(Cl)c1. The molecular formula is C12H18ClNO2. The van der Waals surface area contributed by atoms with E-state index in [1.54, 1.807) is 7.11 Å². The molecule has 0 aliphatic carbocycles. The van der Waals surface area contributed by atoms with Crippen molar-refractivity contribution in [3.63, 3.8) is 0 Å². The molecule has 90 valence electrons. The van der Waals surface area contributed by atoms with E-state index in [1.165, 1.54) is 0 Å². The second-order valence-electron chi connectivity index (χ2n) is 3.43. The summed E-state index contributed by atoms with van der Waals surface area (Å²) in [6.45, 7) is 2.33. The van der Waals surface area contributed by atoms with Crippen LogP contribution in [0.3, 0.4) is 0 Å². The molecule has 0 saturated carbocycles. The van der Waals surface area contributed by atoms with Gasteiger partial charge in [0.1, 0.15) is 5.75 Å². The molecule has 1 rings (SSSR count). The van der Waals surface area contributed by atoms with E-state index in [4.69, 9.17) is 21.1 Å². The molecule has 0 amide bonds. The zero-order valence-electron chi connectivity index (χ0n) is 9.75. The summed E-state index contributed by atoms with van der Waals surface area (Å²) in [6, 6.07) is 5.80. The smallest absolute Gasteiger partial charge is 0.137 e. The van der Waals surface area contributed by atoms with E-state index < -0.39 is 0 Å². The van der Waals surface area contributed by atoms with Crippen molar-refractivity contribution in [2.24, 2.45) is 0 Å². The second kappa shape index (κ2) is 7.49. The summed E-state index contributed by atoms with van der Waals surface area (Å²) in [5.41, 5.74) is 1.16. The summed E-state index contributed by atoms with van der Waals surface area (Å²) >= 11 is 6.02. The molecule has 16 heavy (non-hydrogen) atoms. The number of rotatable bonds is 7. The van der Waals surface area contributed by atoms with E-state index in [-0.39, 0.29) is 0 Å². The summed E-state index contributed by atoms with van der Waals surface area (Å²) in [7, 11) is 3.52. The van der Waals surface area contributed by atoms with Crippen molar-refractivity contribution in [1.82, 2.24) is 5.32 Å². The zero-order chi connectivity index (χ0) is 11.8. The van der Waals surface area contributed by atoms with Gasteiger partial charge in [-0.15, -0.1) is 0 Å². The fourth-order valence-corrected chi connectivity index (χ4v) is 1.61. The van der Waals surface area contributed by atoms with Crippen molar-refractivity contribution in [3.05, 3.63) is 28.8 Å². The van der Waals surface area contributed by atoms with Crippen LogP contribution in [0.5, 0.6) is 5.75 Å². The van der Waals surface area contributed by atoms with Gasteiger partial charge < -0.3 is 14.8 Å². The molecule has 0 aromatic heterocycles. The topological polar surface area (TPSA) is 30.5 Å². The lowest BCUT2D eigenvalue weighted by atomic mass is 10.1. The molecule has 0 unspecified atom stereocenters. The number of halogens is 1. The Labute approximate surface area is 102 Å². The molecule has 0 radical (unpaired) electrons. The maximum absolute atomic E-state index is 6.02. The Morgan fingerprint density at radius 1 is 1.31 bits per heavy atom. The van der Waals surface area contributed by atoms with Gasteiger partial charge in [0, 0.05) is 6.54 Å². The Balaban J connectivity index is 2.34. The minimum Gasteiger partial charge on any atom is -0.495 e. The van der Waals surface area contributed by atoms with E-state index in [9.17, 15) is 0 Å². The summed E-state index contributed by atoms with van der Waals surface area (Å²) in [4.78, 5) is 0. The fourth-order valence-electron chi connectivity index (χ4n) is 1.33. The number of hydrogen-bond donors (Lipinski definition) is 1. The van der Waals surface area contributed by atoms with Gasteiger partial charge in [-0.3, -0.25) is 0 Å². The molecule has 0 fully saturated rings. The Kier molecular flexibility index (Phi) is 6.23. The molecule has 0 aliphatic heterocycles. The largest absolute Gasteiger partial charge is 0.495 e. The molecule has 1 aromatic carbocycles. The van der Waals surface area contributed by atoms with Crippen LogP contribution in [0.4, 0.5) is 0 Å². The first kappa shape index (κ1) is 13.3. The highest BCUT2D eigenvalue weighted by Crippen LogP contribution is 2.24. The van der Waals surface area contributed by atoms with Gasteiger partial charge in [0.25, 0.3) is 0 Å². The Hall–Kier alpha value is -0.770. The fraction of sp³-hybridized carbons (Fsp3) is 0.500. The van der Waals surface area contributed by atoms with Crippen molar-refractivity contribution >= 4 is 11.6 Å². The maximum Gasteiger partial charge on any atom is 0.137 e. The summed E-state index contributed by atoms with van der Waals surface area (Å²) < 4.78 is 10.5. The number of hydrogen-bond acceptors (Lipinski definition) is 3. The van der Waals surface area contributed by atoms with Crippen molar-refractivity contribution in [3.8, 4) is 5.75 Å². The van der Waals surface area contributed by atoms with Crippen LogP contribution >= 0.6 is 11.6 Å². The molecular weight excluding hydrogens is 226 g/mol. The van der Waals surface area contributed by atoms with Gasteiger partial charge in [-0.2, -0.15) is 0 Å². The van der Waals surface area contributed by atoms with Gasteiger partial charge in [-0.05, 0) is 31.2 Å². The van der Waals surface area contributed by atoms with Crippen molar-refractivity contribution in [2.45, 2.75) is 6.42 Å². The Morgan fingerprint density at radius 3 is 2.75 bits per heavy atom. The van der Waals surface area contributed by atoms with Gasteiger partial charge >= 0.3 is 0 Å². The number of ether oxygens (including phenoxy) is 2. The molecule has 0 saturated heterocycles. The van der Waals surface area contributed by atoms with Crippen LogP contribution in [0.25, 0.3) is 0 Å². The standard InChI is InChI=1S/C12H18ClNO2/c1-14-6-8-16-7-5-10-3-4-12(15-2)11(13)9-10/h3-4,9,14H,5-8H2,1-2H3. The van der Waals surface area contributed by atoms with Crippen LogP contribution in [-0.4, -0.2) is 33.9 Å². The second-order valence-corrected chi connectivity index (χ2v) is 3.84. The summed E-state index contributed by atoms with van der Waals surface area (Å²) in [6.07, 6.45) is 0.868. The molecule has 1 aromatic rings. The first-order valence-electron chi connectivity index (χ1n) is 5.32. The first-order valence-corrected chi connectivity index (χ1v) is 5.70. The van der Waals surface area contributed by atoms with E-state index in [0.29, 0.717) is 17.4 Å². The third kappa shape index (κ3) is 4.39. The van der Waals surface area contributed by atoms with Crippen molar-refractivity contribution in [2.75, 3.05) is 33.9 Å². The van der Waals surface area contributed by atoms with Crippen LogP contribution in [0.15, 0.2) is 18.2 Å². The van der Waals surface area contributed by atoms with Crippen LogP contribution in [0.2, 0.25) is 5.02 Å². The number of benzene rings is 1. The van der Waals surface area contributed by atoms with E-state index in [0.717, 1.165) is 25.1 Å². The average Bonchev–Trinajstić information content (AvgIpc) is 2.29. The van der Waals surface area contributed by atoms with E-state index in [2.05, 4.69) is 5.32 Å². The third-order valence-corrected chi connectivity index (χ3v) is 2.54. The maximum atomic E-state index is 6.02. The van der Waals surface area contributed by atoms with Gasteiger partial charge in [-0.1, -0.05) is 17.7 Å². The monoisotopic (exact) mass is 243 g/mol. The van der Waals surface area contributed by atoms with Gasteiger partial charge in [-0.25, -0.2) is 0 Å². The average molecular weight is 244 g/mol. The van der Waals surface area contributed by atoms with Gasteiger partial charge in [0.15, 0.2) is 0 Å². The molecule has 0 bridgehead atoms. The van der Waals surface area contributed by atoms with Crippen molar-refractivity contribution < 1.29 is 9.47 Å². The Morgan fingerprint density at radius 2 is 2.12 bits per heavy atom. The third-order valence-electron chi connectivity index (χ3n) is 2.25. The molecule has 1 N–H and O–H groups in total. The lowest BCUT2D eigenvalue weighted by Crippen LogP contribution is -2.15. The van der Waals surface area contributed by atoms with Crippen LogP contribution in [-0.2, 0) is 11.2 Å². The normalized spacial score (nSPS) is 10.4. The lowest BCUT2D eigenvalue weighted by molar-refractivity contribution is 0.140. The highest BCUT2D eigenvalue weighted by atomic mass is 35.5. The summed E-state index contributed by atoms with van der Waals surface area (Å²) in [5, 5.41) is 3.68. The number of methoxy groups -OCH3 is 1. The number of likely N-dealkylation sites (N-methyl/N-ethyl adjacent to an activating group) is 1. The van der Waals surface area contributed by atoms with E-state index in [1.807, 2.05) is 25.2 Å². The molecule has 3 nitrogen and oxygen atoms in total. The quantitative estimate of drug-likeness (QED) is 0.745. The minimum absolute atomic E-state index is 0.648. The first-order chi connectivity index (χ1) is 7.77. The lowest BCUT2D eigenvalue weighted by Gasteiger charge is -2.07. The molecule has 0 atom stereocenters. The summed E-state index contributed by atoms with van der Waals surface area (Å²) in [5.74, 6) is 0.710. The predicted molar refractivity (Wildman–Crippen MR) is 66.5 cm³/mol. The van der Waals surface area contributed by atoms with Crippen molar-refractivity contribution in [1.29, 1.82) is 0 Å². The van der Waals surface area contributed by atoms with Gasteiger partial charge in [0.2, 0.25) is 0 Å². The molecule has 0 aliphatic rings. The van der Waals surface area contributed by atoms with Crippen LogP contribution in [0.1, 0.15) is 5.56 Å².